The van der Waals surface area contributed by atoms with Crippen molar-refractivity contribution in [1.29, 1.82) is 0 Å². The van der Waals surface area contributed by atoms with Gasteiger partial charge in [0.2, 0.25) is 0 Å². The zero-order valence-corrected chi connectivity index (χ0v) is 13.2. The van der Waals surface area contributed by atoms with Gasteiger partial charge in [0.15, 0.2) is 5.78 Å². The molecule has 21 heavy (non-hydrogen) atoms. The van der Waals surface area contributed by atoms with E-state index in [0.29, 0.717) is 15.8 Å². The molecule has 0 radical (unpaired) electrons. The first-order chi connectivity index (χ1) is 9.91. The second-order valence-corrected chi connectivity index (χ2v) is 6.38. The molecule has 0 unspecified atom stereocenters. The molecule has 1 aliphatic heterocycles. The van der Waals surface area contributed by atoms with Crippen molar-refractivity contribution < 1.29 is 14.3 Å². The van der Waals surface area contributed by atoms with Crippen LogP contribution in [-0.2, 0) is 4.74 Å². The highest BCUT2D eigenvalue weighted by molar-refractivity contribution is 7.19. The minimum atomic E-state index is -0.593. The summed E-state index contributed by atoms with van der Waals surface area (Å²) in [5.41, 5.74) is 11.8. The lowest BCUT2D eigenvalue weighted by Crippen LogP contribution is -2.30. The molecule has 4 N–H and O–H groups in total. The Labute approximate surface area is 128 Å². The fourth-order valence-corrected chi connectivity index (χ4v) is 3.69. The smallest absolute Gasteiger partial charge is 0.253 e. The fraction of sp³-hybridized carbons (Fsp3) is 0.571. The highest BCUT2D eigenvalue weighted by Gasteiger charge is 2.26. The summed E-state index contributed by atoms with van der Waals surface area (Å²) in [6, 6.07) is 0. The second-order valence-electron chi connectivity index (χ2n) is 5.38. The molecule has 0 saturated carbocycles. The summed E-state index contributed by atoms with van der Waals surface area (Å²) in [5.74, 6) is -0.232. The normalized spacial score (nSPS) is 15.9. The topological polar surface area (TPSA) is 98.6 Å². The van der Waals surface area contributed by atoms with E-state index in [1.54, 1.807) is 0 Å². The number of ketones is 1. The molecule has 6 nitrogen and oxygen atoms in total. The highest BCUT2D eigenvalue weighted by Crippen LogP contribution is 2.38. The van der Waals surface area contributed by atoms with Crippen molar-refractivity contribution in [3.63, 3.8) is 0 Å². The van der Waals surface area contributed by atoms with Gasteiger partial charge in [0.25, 0.3) is 5.91 Å². The van der Waals surface area contributed by atoms with E-state index in [1.807, 2.05) is 11.9 Å². The van der Waals surface area contributed by atoms with Crippen LogP contribution in [0.3, 0.4) is 0 Å². The number of primary amides is 1. The van der Waals surface area contributed by atoms with Gasteiger partial charge in [-0.1, -0.05) is 0 Å². The summed E-state index contributed by atoms with van der Waals surface area (Å²) in [7, 11) is 1.90. The van der Waals surface area contributed by atoms with Gasteiger partial charge >= 0.3 is 0 Å². The number of nitrogens with two attached hydrogens (primary N) is 2. The molecule has 0 bridgehead atoms. The largest absolute Gasteiger partial charge is 0.397 e. The lowest BCUT2D eigenvalue weighted by atomic mass is 10.00. The third-order valence-electron chi connectivity index (χ3n) is 3.71. The van der Waals surface area contributed by atoms with Gasteiger partial charge in [-0.25, -0.2) is 0 Å². The van der Waals surface area contributed by atoms with Crippen molar-refractivity contribution in [2.75, 3.05) is 37.4 Å². The van der Waals surface area contributed by atoms with Crippen molar-refractivity contribution in [3.8, 4) is 0 Å². The molecule has 0 aliphatic carbocycles. The molecule has 1 amide bonds. The number of thiophene rings is 1. The number of nitrogens with zero attached hydrogens (tertiary/aromatic N) is 1. The number of nitrogen functional groups attached to an aromatic ring is 1. The zero-order valence-electron chi connectivity index (χ0n) is 12.3. The molecule has 7 heteroatoms. The highest BCUT2D eigenvalue weighted by atomic mass is 32.1. The van der Waals surface area contributed by atoms with Gasteiger partial charge in [0.1, 0.15) is 5.00 Å². The molecular formula is C14H21N3O3S. The van der Waals surface area contributed by atoms with Crippen LogP contribution < -0.4 is 16.4 Å². The fourth-order valence-electron chi connectivity index (χ4n) is 2.60. The number of carbonyl (C=O) groups excluding carboxylic acids is 2. The minimum absolute atomic E-state index is 0.147. The van der Waals surface area contributed by atoms with Crippen LogP contribution in [0.2, 0.25) is 0 Å². The molecular weight excluding hydrogens is 290 g/mol. The van der Waals surface area contributed by atoms with E-state index in [9.17, 15) is 9.59 Å². The number of amides is 1. The third kappa shape index (κ3) is 3.36. The van der Waals surface area contributed by atoms with Crippen LogP contribution >= 0.6 is 11.3 Å². The first-order valence-corrected chi connectivity index (χ1v) is 7.75. The van der Waals surface area contributed by atoms with Gasteiger partial charge in [-0.2, -0.15) is 0 Å². The molecule has 1 aliphatic rings. The molecule has 116 valence electrons. The molecule has 1 aromatic heterocycles. The van der Waals surface area contributed by atoms with Gasteiger partial charge in [0, 0.05) is 33.7 Å². The average Bonchev–Trinajstić information content (AvgIpc) is 2.78. The monoisotopic (exact) mass is 311 g/mol. The predicted molar refractivity (Wildman–Crippen MR) is 84.1 cm³/mol. The minimum Gasteiger partial charge on any atom is -0.397 e. The zero-order chi connectivity index (χ0) is 15.6. The number of rotatable bonds is 5. The summed E-state index contributed by atoms with van der Waals surface area (Å²) in [6.45, 7) is 3.77. The summed E-state index contributed by atoms with van der Waals surface area (Å²) >= 11 is 1.24. The molecule has 0 atom stereocenters. The number of anilines is 2. The molecule has 1 saturated heterocycles. The first-order valence-electron chi connectivity index (χ1n) is 6.93. The molecule has 2 rings (SSSR count). The Morgan fingerprint density at radius 1 is 1.38 bits per heavy atom. The van der Waals surface area contributed by atoms with Crippen molar-refractivity contribution in [2.45, 2.75) is 19.8 Å². The van der Waals surface area contributed by atoms with Crippen LogP contribution in [0.25, 0.3) is 0 Å². The summed E-state index contributed by atoms with van der Waals surface area (Å²) in [6.07, 6.45) is 1.99. The van der Waals surface area contributed by atoms with Gasteiger partial charge < -0.3 is 21.1 Å². The quantitative estimate of drug-likeness (QED) is 0.803. The maximum absolute atomic E-state index is 11.7. The maximum atomic E-state index is 11.7. The van der Waals surface area contributed by atoms with Crippen LogP contribution in [0.1, 0.15) is 39.8 Å². The molecule has 1 fully saturated rings. The lowest BCUT2D eigenvalue weighted by molar-refractivity contribution is 0.0685. The Bertz CT molecular complexity index is 550. The SMILES string of the molecule is CC(=O)c1sc(N(C)CC2CCOCC2)c(C(N)=O)c1N. The third-order valence-corrected chi connectivity index (χ3v) is 5.13. The molecule has 0 spiro atoms. The molecule has 1 aromatic rings. The predicted octanol–water partition coefficient (Wildman–Crippen LogP) is 1.49. The number of Topliss-reactive ketones (excluding diaryl/α,β-unsaturated/α-hetero) is 1. The Morgan fingerprint density at radius 2 is 2.00 bits per heavy atom. The van der Waals surface area contributed by atoms with Gasteiger partial charge in [-0.05, 0) is 18.8 Å². The first kappa shape index (κ1) is 15.8. The Kier molecular flexibility index (Phi) is 4.84. The van der Waals surface area contributed by atoms with E-state index in [-0.39, 0.29) is 17.0 Å². The van der Waals surface area contributed by atoms with Crippen LogP contribution in [0.5, 0.6) is 0 Å². The summed E-state index contributed by atoms with van der Waals surface area (Å²) < 4.78 is 5.35. The van der Waals surface area contributed by atoms with E-state index < -0.39 is 5.91 Å². The lowest BCUT2D eigenvalue weighted by Gasteiger charge is -2.28. The van der Waals surface area contributed by atoms with E-state index in [0.717, 1.165) is 32.6 Å². The second kappa shape index (κ2) is 6.44. The van der Waals surface area contributed by atoms with Gasteiger partial charge in [-0.15, -0.1) is 11.3 Å². The average molecular weight is 311 g/mol. The van der Waals surface area contributed by atoms with Crippen LogP contribution in [0, 0.1) is 5.92 Å². The number of hydrogen-bond donors (Lipinski definition) is 2. The number of hydrogen-bond acceptors (Lipinski definition) is 6. The van der Waals surface area contributed by atoms with Gasteiger partial charge in [0.05, 0.1) is 16.1 Å². The number of carbonyl (C=O) groups is 2. The van der Waals surface area contributed by atoms with Crippen molar-refractivity contribution in [3.05, 3.63) is 10.4 Å². The van der Waals surface area contributed by atoms with Crippen LogP contribution in [0.15, 0.2) is 0 Å². The maximum Gasteiger partial charge on any atom is 0.253 e. The van der Waals surface area contributed by atoms with Crippen molar-refractivity contribution in [2.24, 2.45) is 11.7 Å². The Balaban J connectivity index is 2.26. The van der Waals surface area contributed by atoms with Crippen LogP contribution in [0.4, 0.5) is 10.7 Å². The van der Waals surface area contributed by atoms with Crippen molar-refractivity contribution >= 4 is 33.7 Å². The Morgan fingerprint density at radius 3 is 2.52 bits per heavy atom. The summed E-state index contributed by atoms with van der Waals surface area (Å²) in [5, 5.41) is 0.677. The molecule has 2 heterocycles. The van der Waals surface area contributed by atoms with Gasteiger partial charge in [-0.3, -0.25) is 9.59 Å². The summed E-state index contributed by atoms with van der Waals surface area (Å²) in [4.78, 5) is 25.7. The number of ether oxygens (including phenoxy) is 1. The van der Waals surface area contributed by atoms with Crippen LogP contribution in [-0.4, -0.2) is 38.5 Å². The van der Waals surface area contributed by atoms with E-state index in [4.69, 9.17) is 16.2 Å². The Hall–Kier alpha value is -1.60. The van der Waals surface area contributed by atoms with E-state index >= 15 is 0 Å². The van der Waals surface area contributed by atoms with E-state index in [1.165, 1.54) is 18.3 Å². The van der Waals surface area contributed by atoms with E-state index in [2.05, 4.69) is 0 Å². The standard InChI is InChI=1S/C14H21N3O3S/c1-8(18)12-11(15)10(13(16)19)14(21-12)17(2)7-9-3-5-20-6-4-9/h9H,3-7,15H2,1-2H3,(H2,16,19). The molecule has 0 aromatic carbocycles. The van der Waals surface area contributed by atoms with Crippen molar-refractivity contribution in [1.82, 2.24) is 0 Å².